The van der Waals surface area contributed by atoms with Crippen LogP contribution in [0.15, 0.2) is 18.3 Å². The lowest BCUT2D eigenvalue weighted by molar-refractivity contribution is 0.393. The summed E-state index contributed by atoms with van der Waals surface area (Å²) in [5.41, 5.74) is 2.47. The van der Waals surface area contributed by atoms with Crippen LogP contribution in [0.4, 0.5) is 0 Å². The normalized spacial score (nSPS) is 19.3. The van der Waals surface area contributed by atoms with Crippen molar-refractivity contribution in [3.05, 3.63) is 29.8 Å². The molecule has 0 N–H and O–H groups in total. The Bertz CT molecular complexity index is 815. The Labute approximate surface area is 136 Å². The SMILES string of the molecule is CCn1nccc1-c1cc([C@H]2CCCN2S(C)(=O)=O)nc(C)n1. The summed E-state index contributed by atoms with van der Waals surface area (Å²) in [6.45, 7) is 5.15. The van der Waals surface area contributed by atoms with E-state index in [0.29, 0.717) is 12.4 Å². The Kier molecular flexibility index (Phi) is 4.20. The number of sulfonamides is 1. The van der Waals surface area contributed by atoms with E-state index in [9.17, 15) is 8.42 Å². The molecule has 8 heteroatoms. The van der Waals surface area contributed by atoms with Crippen LogP contribution in [0.2, 0.25) is 0 Å². The minimum Gasteiger partial charge on any atom is -0.264 e. The smallest absolute Gasteiger partial charge is 0.211 e. The monoisotopic (exact) mass is 335 g/mol. The van der Waals surface area contributed by atoms with E-state index in [-0.39, 0.29) is 6.04 Å². The second-order valence-electron chi connectivity index (χ2n) is 5.79. The Morgan fingerprint density at radius 3 is 2.83 bits per heavy atom. The number of aromatic nitrogens is 4. The highest BCUT2D eigenvalue weighted by Crippen LogP contribution is 2.34. The van der Waals surface area contributed by atoms with Crippen LogP contribution in [0.5, 0.6) is 0 Å². The molecule has 1 atom stereocenters. The van der Waals surface area contributed by atoms with E-state index < -0.39 is 10.0 Å². The van der Waals surface area contributed by atoms with Gasteiger partial charge in [-0.15, -0.1) is 0 Å². The fourth-order valence-corrected chi connectivity index (χ4v) is 4.26. The van der Waals surface area contributed by atoms with Gasteiger partial charge in [0.2, 0.25) is 10.0 Å². The van der Waals surface area contributed by atoms with Gasteiger partial charge in [0.25, 0.3) is 0 Å². The molecule has 124 valence electrons. The first-order chi connectivity index (χ1) is 10.9. The summed E-state index contributed by atoms with van der Waals surface area (Å²) in [5, 5.41) is 4.27. The van der Waals surface area contributed by atoms with Gasteiger partial charge in [-0.2, -0.15) is 9.40 Å². The van der Waals surface area contributed by atoms with E-state index >= 15 is 0 Å². The van der Waals surface area contributed by atoms with E-state index in [0.717, 1.165) is 36.5 Å². The molecule has 0 bridgehead atoms. The number of aryl methyl sites for hydroxylation is 2. The largest absolute Gasteiger partial charge is 0.264 e. The van der Waals surface area contributed by atoms with Crippen molar-refractivity contribution in [1.29, 1.82) is 0 Å². The lowest BCUT2D eigenvalue weighted by atomic mass is 10.1. The van der Waals surface area contributed by atoms with Crippen molar-refractivity contribution < 1.29 is 8.42 Å². The standard InChI is InChI=1S/C15H21N5O2S/c1-4-19-14(7-8-16-19)12-10-13(18-11(2)17-12)15-6-5-9-20(15)23(3,21)22/h7-8,10,15H,4-6,9H2,1-3H3/t15-/m1/s1. The van der Waals surface area contributed by atoms with E-state index in [1.807, 2.05) is 30.7 Å². The molecule has 2 aromatic heterocycles. The maximum absolute atomic E-state index is 12.0. The summed E-state index contributed by atoms with van der Waals surface area (Å²) in [6.07, 6.45) is 4.64. The molecule has 3 rings (SSSR count). The second-order valence-corrected chi connectivity index (χ2v) is 7.72. The second kappa shape index (κ2) is 6.01. The fraction of sp³-hybridized carbons (Fsp3) is 0.533. The third kappa shape index (κ3) is 3.13. The van der Waals surface area contributed by atoms with Crippen LogP contribution in [-0.2, 0) is 16.6 Å². The van der Waals surface area contributed by atoms with Crippen molar-refractivity contribution in [2.75, 3.05) is 12.8 Å². The maximum atomic E-state index is 12.0. The van der Waals surface area contributed by atoms with E-state index in [4.69, 9.17) is 0 Å². The first kappa shape index (κ1) is 16.1. The van der Waals surface area contributed by atoms with Gasteiger partial charge in [0.05, 0.1) is 29.4 Å². The van der Waals surface area contributed by atoms with Gasteiger partial charge >= 0.3 is 0 Å². The molecule has 3 heterocycles. The van der Waals surface area contributed by atoms with Crippen LogP contribution < -0.4 is 0 Å². The Hall–Kier alpha value is -1.80. The molecule has 1 saturated heterocycles. The highest BCUT2D eigenvalue weighted by atomic mass is 32.2. The Morgan fingerprint density at radius 2 is 2.13 bits per heavy atom. The van der Waals surface area contributed by atoms with E-state index in [1.54, 1.807) is 6.20 Å². The van der Waals surface area contributed by atoms with Gasteiger partial charge in [0, 0.05) is 19.3 Å². The molecule has 1 fully saturated rings. The molecule has 0 aromatic carbocycles. The van der Waals surface area contributed by atoms with Crippen molar-refractivity contribution in [3.63, 3.8) is 0 Å². The third-order valence-corrected chi connectivity index (χ3v) is 5.40. The molecule has 1 aliphatic heterocycles. The highest BCUT2D eigenvalue weighted by Gasteiger charge is 2.34. The minimum absolute atomic E-state index is 0.205. The molecular weight excluding hydrogens is 314 g/mol. The first-order valence-corrected chi connectivity index (χ1v) is 9.59. The summed E-state index contributed by atoms with van der Waals surface area (Å²) >= 11 is 0. The average Bonchev–Trinajstić information content (AvgIpc) is 3.15. The van der Waals surface area contributed by atoms with Crippen LogP contribution in [0, 0.1) is 6.92 Å². The molecule has 0 radical (unpaired) electrons. The molecular formula is C15H21N5O2S. The summed E-state index contributed by atoms with van der Waals surface area (Å²) in [7, 11) is -3.24. The van der Waals surface area contributed by atoms with Gasteiger partial charge in [0.15, 0.2) is 0 Å². The Morgan fingerprint density at radius 1 is 1.35 bits per heavy atom. The summed E-state index contributed by atoms with van der Waals surface area (Å²) in [5.74, 6) is 0.640. The lowest BCUT2D eigenvalue weighted by Crippen LogP contribution is -2.30. The van der Waals surface area contributed by atoms with Gasteiger partial charge in [-0.25, -0.2) is 18.4 Å². The van der Waals surface area contributed by atoms with Crippen LogP contribution in [0.1, 0.15) is 37.3 Å². The van der Waals surface area contributed by atoms with Gasteiger partial charge in [-0.3, -0.25) is 4.68 Å². The summed E-state index contributed by atoms with van der Waals surface area (Å²) in [4.78, 5) is 9.00. The maximum Gasteiger partial charge on any atom is 0.211 e. The average molecular weight is 335 g/mol. The quantitative estimate of drug-likeness (QED) is 0.850. The highest BCUT2D eigenvalue weighted by molar-refractivity contribution is 7.88. The minimum atomic E-state index is -3.24. The van der Waals surface area contributed by atoms with Crippen molar-refractivity contribution in [3.8, 4) is 11.4 Å². The molecule has 7 nitrogen and oxygen atoms in total. The van der Waals surface area contributed by atoms with Gasteiger partial charge in [-0.05, 0) is 38.8 Å². The number of hydrogen-bond donors (Lipinski definition) is 0. The molecule has 2 aromatic rings. The predicted octanol–water partition coefficient (Wildman–Crippen LogP) is 1.76. The molecule has 0 unspecified atom stereocenters. The first-order valence-electron chi connectivity index (χ1n) is 7.74. The van der Waals surface area contributed by atoms with Crippen LogP contribution in [0.3, 0.4) is 0 Å². The zero-order chi connectivity index (χ0) is 16.6. The predicted molar refractivity (Wildman–Crippen MR) is 87.2 cm³/mol. The molecule has 1 aliphatic rings. The summed E-state index contributed by atoms with van der Waals surface area (Å²) < 4.78 is 27.4. The Balaban J connectivity index is 2.05. The van der Waals surface area contributed by atoms with Crippen molar-refractivity contribution >= 4 is 10.0 Å². The fourth-order valence-electron chi connectivity index (χ4n) is 3.13. The molecule has 0 spiro atoms. The zero-order valence-electron chi connectivity index (χ0n) is 13.6. The van der Waals surface area contributed by atoms with Crippen molar-refractivity contribution in [2.24, 2.45) is 0 Å². The summed E-state index contributed by atoms with van der Waals surface area (Å²) in [6, 6.07) is 3.60. The molecule has 0 aliphatic carbocycles. The zero-order valence-corrected chi connectivity index (χ0v) is 14.4. The van der Waals surface area contributed by atoms with Crippen LogP contribution >= 0.6 is 0 Å². The molecule has 23 heavy (non-hydrogen) atoms. The number of rotatable bonds is 4. The van der Waals surface area contributed by atoms with E-state index in [2.05, 4.69) is 15.1 Å². The van der Waals surface area contributed by atoms with Crippen LogP contribution in [0.25, 0.3) is 11.4 Å². The molecule has 0 amide bonds. The van der Waals surface area contributed by atoms with Crippen molar-refractivity contribution in [1.82, 2.24) is 24.1 Å². The van der Waals surface area contributed by atoms with Gasteiger partial charge in [-0.1, -0.05) is 0 Å². The van der Waals surface area contributed by atoms with E-state index in [1.165, 1.54) is 10.6 Å². The lowest BCUT2D eigenvalue weighted by Gasteiger charge is -2.22. The van der Waals surface area contributed by atoms with Crippen molar-refractivity contribution in [2.45, 2.75) is 39.3 Å². The van der Waals surface area contributed by atoms with Gasteiger partial charge in [0.1, 0.15) is 5.82 Å². The topological polar surface area (TPSA) is 81.0 Å². The third-order valence-electron chi connectivity index (χ3n) is 4.11. The number of nitrogens with zero attached hydrogens (tertiary/aromatic N) is 5. The number of hydrogen-bond acceptors (Lipinski definition) is 5. The molecule has 0 saturated carbocycles. The van der Waals surface area contributed by atoms with Gasteiger partial charge < -0.3 is 0 Å². The van der Waals surface area contributed by atoms with Crippen LogP contribution in [-0.4, -0.2) is 45.3 Å².